The highest BCUT2D eigenvalue weighted by atomic mass is 16.6. The molecular formula is C21H21N3O5. The Bertz CT molecular complexity index is 1010. The molecule has 0 radical (unpaired) electrons. The van der Waals surface area contributed by atoms with E-state index < -0.39 is 16.7 Å². The second kappa shape index (κ2) is 8.14. The number of hydrogen-bond acceptors (Lipinski definition) is 6. The molecule has 8 nitrogen and oxygen atoms in total. The minimum atomic E-state index is -0.514. The third-order valence-electron chi connectivity index (χ3n) is 4.60. The quantitative estimate of drug-likeness (QED) is 0.437. The molecule has 2 aromatic rings. The molecule has 1 aliphatic heterocycles. The molecule has 0 saturated carbocycles. The maximum atomic E-state index is 13.0. The lowest BCUT2D eigenvalue weighted by Crippen LogP contribution is -2.33. The first kappa shape index (κ1) is 20.1. The third-order valence-corrected chi connectivity index (χ3v) is 4.60. The molecule has 0 bridgehead atoms. The van der Waals surface area contributed by atoms with E-state index in [0.29, 0.717) is 23.4 Å². The molecule has 3 rings (SSSR count). The summed E-state index contributed by atoms with van der Waals surface area (Å²) in [7, 11) is 1.52. The third kappa shape index (κ3) is 3.82. The first-order chi connectivity index (χ1) is 13.9. The van der Waals surface area contributed by atoms with Crippen LogP contribution in [0.3, 0.4) is 0 Å². The Morgan fingerprint density at radius 3 is 2.38 bits per heavy atom. The number of non-ortho nitro benzene ring substituents is 1. The van der Waals surface area contributed by atoms with Gasteiger partial charge in [0.1, 0.15) is 11.4 Å². The summed E-state index contributed by atoms with van der Waals surface area (Å²) in [5.74, 6) is -0.339. The molecular weight excluding hydrogens is 374 g/mol. The smallest absolute Gasteiger partial charge is 0.278 e. The number of nitro groups is 1. The van der Waals surface area contributed by atoms with Crippen LogP contribution in [-0.4, -0.2) is 35.3 Å². The average molecular weight is 395 g/mol. The van der Waals surface area contributed by atoms with Gasteiger partial charge in [0, 0.05) is 18.7 Å². The summed E-state index contributed by atoms with van der Waals surface area (Å²) in [5, 5.41) is 14.0. The second-order valence-electron chi connectivity index (χ2n) is 6.64. The van der Waals surface area contributed by atoms with E-state index in [-0.39, 0.29) is 23.5 Å². The highest BCUT2D eigenvalue weighted by molar-refractivity contribution is 6.36. The van der Waals surface area contributed by atoms with E-state index in [0.717, 1.165) is 5.56 Å². The Morgan fingerprint density at radius 1 is 1.10 bits per heavy atom. The van der Waals surface area contributed by atoms with Gasteiger partial charge in [0.15, 0.2) is 0 Å². The number of amides is 2. The molecule has 0 aliphatic carbocycles. The number of ether oxygens (including phenoxy) is 1. The molecule has 1 aliphatic rings. The predicted octanol–water partition coefficient (Wildman–Crippen LogP) is 3.51. The number of methoxy groups -OCH3 is 1. The van der Waals surface area contributed by atoms with Crippen LogP contribution < -0.4 is 10.1 Å². The summed E-state index contributed by atoms with van der Waals surface area (Å²) in [6.45, 7) is 4.06. The zero-order valence-electron chi connectivity index (χ0n) is 16.4. The number of nitrogens with one attached hydrogen (secondary N) is 1. The lowest BCUT2D eigenvalue weighted by Gasteiger charge is -2.15. The maximum Gasteiger partial charge on any atom is 0.278 e. The van der Waals surface area contributed by atoms with Crippen LogP contribution in [0.1, 0.15) is 24.5 Å². The van der Waals surface area contributed by atoms with Gasteiger partial charge in [0.05, 0.1) is 23.3 Å². The molecule has 1 heterocycles. The number of carbonyl (C=O) groups excluding carboxylic acids is 2. The zero-order chi connectivity index (χ0) is 21.1. The number of carbonyl (C=O) groups is 2. The van der Waals surface area contributed by atoms with Crippen molar-refractivity contribution in [3.63, 3.8) is 0 Å². The fourth-order valence-corrected chi connectivity index (χ4v) is 3.19. The first-order valence-electron chi connectivity index (χ1n) is 9.14. The summed E-state index contributed by atoms with van der Waals surface area (Å²) in [4.78, 5) is 37.6. The Kier molecular flexibility index (Phi) is 5.63. The van der Waals surface area contributed by atoms with Gasteiger partial charge < -0.3 is 10.1 Å². The van der Waals surface area contributed by atoms with E-state index in [1.54, 1.807) is 6.07 Å². The van der Waals surface area contributed by atoms with Gasteiger partial charge in [-0.15, -0.1) is 0 Å². The number of rotatable bonds is 7. The van der Waals surface area contributed by atoms with E-state index in [2.05, 4.69) is 5.32 Å². The van der Waals surface area contributed by atoms with Crippen LogP contribution in [0, 0.1) is 17.0 Å². The molecule has 8 heteroatoms. The molecule has 0 atom stereocenters. The van der Waals surface area contributed by atoms with Gasteiger partial charge in [0.25, 0.3) is 17.5 Å². The van der Waals surface area contributed by atoms with Crippen molar-refractivity contribution in [2.24, 2.45) is 0 Å². The summed E-state index contributed by atoms with van der Waals surface area (Å²) >= 11 is 0. The van der Waals surface area contributed by atoms with Crippen molar-refractivity contribution in [2.75, 3.05) is 19.0 Å². The number of hydrogen-bond donors (Lipinski definition) is 1. The fourth-order valence-electron chi connectivity index (χ4n) is 3.19. The number of anilines is 1. The average Bonchev–Trinajstić information content (AvgIpc) is 2.93. The minimum absolute atomic E-state index is 0.0913. The molecule has 0 spiro atoms. The number of benzene rings is 2. The Morgan fingerprint density at radius 2 is 1.79 bits per heavy atom. The van der Waals surface area contributed by atoms with Crippen molar-refractivity contribution in [1.29, 1.82) is 0 Å². The standard InChI is InChI=1S/C21H21N3O5/c1-4-11-23-20(25)18(14-6-8-15(9-7-14)24(27)28)19(21(23)26)22-16-12-13(2)5-10-17(16)29-3/h5-10,12,22H,4,11H2,1-3H3. The number of nitro benzene ring substituents is 1. The largest absolute Gasteiger partial charge is 0.495 e. The van der Waals surface area contributed by atoms with Crippen molar-refractivity contribution in [3.05, 3.63) is 69.4 Å². The van der Waals surface area contributed by atoms with Crippen molar-refractivity contribution in [2.45, 2.75) is 20.3 Å². The van der Waals surface area contributed by atoms with Crippen LogP contribution in [0.4, 0.5) is 11.4 Å². The van der Waals surface area contributed by atoms with Crippen molar-refractivity contribution >= 4 is 28.8 Å². The molecule has 2 aromatic carbocycles. The number of nitrogens with zero attached hydrogens (tertiary/aromatic N) is 2. The van der Waals surface area contributed by atoms with E-state index >= 15 is 0 Å². The molecule has 1 N–H and O–H groups in total. The summed E-state index contributed by atoms with van der Waals surface area (Å²) < 4.78 is 5.36. The van der Waals surface area contributed by atoms with Gasteiger partial charge in [-0.25, -0.2) is 0 Å². The van der Waals surface area contributed by atoms with Crippen LogP contribution >= 0.6 is 0 Å². The van der Waals surface area contributed by atoms with Gasteiger partial charge in [0.2, 0.25) is 0 Å². The van der Waals surface area contributed by atoms with Gasteiger partial charge in [-0.2, -0.15) is 0 Å². The maximum absolute atomic E-state index is 13.0. The van der Waals surface area contributed by atoms with E-state index in [1.165, 1.54) is 36.3 Å². The summed E-state index contributed by atoms with van der Waals surface area (Å²) in [6, 6.07) is 11.0. The summed E-state index contributed by atoms with van der Waals surface area (Å²) in [5.41, 5.74) is 2.16. The molecule has 0 aromatic heterocycles. The second-order valence-corrected chi connectivity index (χ2v) is 6.64. The number of imide groups is 1. The summed E-state index contributed by atoms with van der Waals surface area (Å²) in [6.07, 6.45) is 0.617. The highest BCUT2D eigenvalue weighted by Gasteiger charge is 2.39. The molecule has 0 saturated heterocycles. The van der Waals surface area contributed by atoms with Crippen molar-refractivity contribution < 1.29 is 19.2 Å². The Balaban J connectivity index is 2.11. The van der Waals surface area contributed by atoms with Crippen molar-refractivity contribution in [3.8, 4) is 5.75 Å². The molecule has 29 heavy (non-hydrogen) atoms. The first-order valence-corrected chi connectivity index (χ1v) is 9.14. The zero-order valence-corrected chi connectivity index (χ0v) is 16.4. The molecule has 0 fully saturated rings. The Labute approximate surface area is 167 Å². The molecule has 0 unspecified atom stereocenters. The van der Waals surface area contributed by atoms with E-state index in [4.69, 9.17) is 4.74 Å². The lowest BCUT2D eigenvalue weighted by atomic mass is 10.0. The van der Waals surface area contributed by atoms with E-state index in [9.17, 15) is 19.7 Å². The van der Waals surface area contributed by atoms with Crippen LogP contribution in [0.5, 0.6) is 5.75 Å². The highest BCUT2D eigenvalue weighted by Crippen LogP contribution is 2.34. The predicted molar refractivity (Wildman–Crippen MR) is 108 cm³/mol. The topological polar surface area (TPSA) is 102 Å². The van der Waals surface area contributed by atoms with Gasteiger partial charge in [-0.1, -0.05) is 13.0 Å². The Hall–Kier alpha value is -3.68. The normalized spacial score (nSPS) is 13.8. The molecule has 150 valence electrons. The van der Waals surface area contributed by atoms with Crippen LogP contribution in [-0.2, 0) is 9.59 Å². The van der Waals surface area contributed by atoms with Gasteiger partial charge >= 0.3 is 0 Å². The molecule has 2 amide bonds. The SMILES string of the molecule is CCCN1C(=O)C(Nc2cc(C)ccc2OC)=C(c2ccc([N+](=O)[O-])cc2)C1=O. The fraction of sp³-hybridized carbons (Fsp3) is 0.238. The van der Waals surface area contributed by atoms with Crippen molar-refractivity contribution in [1.82, 2.24) is 4.90 Å². The van der Waals surface area contributed by atoms with Gasteiger partial charge in [-0.3, -0.25) is 24.6 Å². The van der Waals surface area contributed by atoms with E-state index in [1.807, 2.05) is 26.0 Å². The monoisotopic (exact) mass is 395 g/mol. The van der Waals surface area contributed by atoms with Gasteiger partial charge in [-0.05, 0) is 48.7 Å². The minimum Gasteiger partial charge on any atom is -0.495 e. The van der Waals surface area contributed by atoms with Crippen LogP contribution in [0.15, 0.2) is 48.2 Å². The van der Waals surface area contributed by atoms with Crippen LogP contribution in [0.2, 0.25) is 0 Å². The lowest BCUT2D eigenvalue weighted by molar-refractivity contribution is -0.384. The van der Waals surface area contributed by atoms with Crippen LogP contribution in [0.25, 0.3) is 5.57 Å². The number of aryl methyl sites for hydroxylation is 1.